The van der Waals surface area contributed by atoms with Gasteiger partial charge in [0.05, 0.1) is 12.0 Å². The number of nitriles is 1. The summed E-state index contributed by atoms with van der Waals surface area (Å²) in [6.45, 7) is 6.08. The van der Waals surface area contributed by atoms with Gasteiger partial charge in [-0.05, 0) is 18.4 Å². The smallest absolute Gasteiger partial charge is 0.0697 e. The molecule has 0 aromatic rings. The standard InChI is InChI=1S/C11H18N2/c1-4-10(8-12)6-5-7-11(13)9(2)3/h5-7,9-10H,4,13H2,1-3H3/b6-5-,11-7-. The van der Waals surface area contributed by atoms with Crippen LogP contribution in [0.5, 0.6) is 0 Å². The topological polar surface area (TPSA) is 49.8 Å². The van der Waals surface area contributed by atoms with E-state index in [1.807, 2.05) is 39.0 Å². The maximum absolute atomic E-state index is 8.65. The highest BCUT2D eigenvalue weighted by Gasteiger charge is 1.97. The fraction of sp³-hybridized carbons (Fsp3) is 0.545. The monoisotopic (exact) mass is 178 g/mol. The van der Waals surface area contributed by atoms with E-state index >= 15 is 0 Å². The SMILES string of the molecule is CCC(C#N)/C=C\C=C(/N)C(C)C. The second kappa shape index (κ2) is 6.30. The van der Waals surface area contributed by atoms with Gasteiger partial charge >= 0.3 is 0 Å². The molecule has 72 valence electrons. The molecule has 1 unspecified atom stereocenters. The van der Waals surface area contributed by atoms with Crippen LogP contribution in [0, 0.1) is 23.2 Å². The zero-order valence-electron chi connectivity index (χ0n) is 8.62. The molecule has 2 heteroatoms. The summed E-state index contributed by atoms with van der Waals surface area (Å²) in [5.74, 6) is 0.378. The van der Waals surface area contributed by atoms with Crippen LogP contribution in [0.25, 0.3) is 0 Å². The van der Waals surface area contributed by atoms with Gasteiger partial charge in [0.2, 0.25) is 0 Å². The van der Waals surface area contributed by atoms with Crippen molar-refractivity contribution in [2.75, 3.05) is 0 Å². The van der Waals surface area contributed by atoms with Crippen molar-refractivity contribution in [3.05, 3.63) is 23.9 Å². The van der Waals surface area contributed by atoms with E-state index in [1.165, 1.54) is 0 Å². The maximum atomic E-state index is 8.65. The van der Waals surface area contributed by atoms with Gasteiger partial charge in [-0.1, -0.05) is 32.9 Å². The molecule has 2 N–H and O–H groups in total. The van der Waals surface area contributed by atoms with Crippen molar-refractivity contribution in [3.63, 3.8) is 0 Å². The van der Waals surface area contributed by atoms with Crippen molar-refractivity contribution in [1.29, 1.82) is 5.26 Å². The van der Waals surface area contributed by atoms with Crippen LogP contribution in [-0.2, 0) is 0 Å². The zero-order chi connectivity index (χ0) is 10.3. The number of nitrogens with two attached hydrogens (primary N) is 1. The van der Waals surface area contributed by atoms with Gasteiger partial charge in [-0.2, -0.15) is 5.26 Å². The van der Waals surface area contributed by atoms with E-state index in [4.69, 9.17) is 11.0 Å². The minimum absolute atomic E-state index is 0.0104. The first-order valence-electron chi connectivity index (χ1n) is 4.65. The third-order valence-corrected chi connectivity index (χ3v) is 1.90. The molecular formula is C11H18N2. The molecule has 0 aliphatic heterocycles. The Morgan fingerprint density at radius 1 is 1.54 bits per heavy atom. The van der Waals surface area contributed by atoms with Crippen molar-refractivity contribution in [3.8, 4) is 6.07 Å². The Bertz CT molecular complexity index is 231. The van der Waals surface area contributed by atoms with Gasteiger partial charge in [-0.15, -0.1) is 0 Å². The van der Waals surface area contributed by atoms with E-state index in [9.17, 15) is 0 Å². The summed E-state index contributed by atoms with van der Waals surface area (Å²) in [6.07, 6.45) is 6.47. The first kappa shape index (κ1) is 11.8. The molecule has 0 fully saturated rings. The summed E-state index contributed by atoms with van der Waals surface area (Å²) in [7, 11) is 0. The quantitative estimate of drug-likeness (QED) is 0.673. The van der Waals surface area contributed by atoms with E-state index in [0.29, 0.717) is 5.92 Å². The van der Waals surface area contributed by atoms with Crippen molar-refractivity contribution >= 4 is 0 Å². The Labute approximate surface area is 80.7 Å². The van der Waals surface area contributed by atoms with E-state index in [-0.39, 0.29) is 5.92 Å². The van der Waals surface area contributed by atoms with E-state index in [0.717, 1.165) is 12.1 Å². The number of hydrogen-bond donors (Lipinski definition) is 1. The summed E-state index contributed by atoms with van der Waals surface area (Å²) in [5.41, 5.74) is 6.56. The van der Waals surface area contributed by atoms with E-state index in [2.05, 4.69) is 6.07 Å². The predicted octanol–water partition coefficient (Wildman–Crippen LogP) is 2.59. The Hall–Kier alpha value is -1.23. The zero-order valence-corrected chi connectivity index (χ0v) is 8.62. The van der Waals surface area contributed by atoms with Gasteiger partial charge in [0.1, 0.15) is 0 Å². The van der Waals surface area contributed by atoms with Crippen LogP contribution < -0.4 is 5.73 Å². The van der Waals surface area contributed by atoms with Crippen molar-refractivity contribution in [2.24, 2.45) is 17.6 Å². The highest BCUT2D eigenvalue weighted by molar-refractivity contribution is 5.13. The molecule has 0 radical (unpaired) electrons. The molecule has 0 heterocycles. The second-order valence-electron chi connectivity index (χ2n) is 3.35. The molecule has 0 aromatic heterocycles. The second-order valence-corrected chi connectivity index (χ2v) is 3.35. The summed E-state index contributed by atoms with van der Waals surface area (Å²) >= 11 is 0. The first-order chi connectivity index (χ1) is 6.11. The fourth-order valence-electron chi connectivity index (χ4n) is 0.764. The molecule has 0 aliphatic rings. The molecule has 0 aromatic carbocycles. The largest absolute Gasteiger partial charge is 0.402 e. The Kier molecular flexibility index (Phi) is 5.71. The van der Waals surface area contributed by atoms with Crippen molar-refractivity contribution in [1.82, 2.24) is 0 Å². The van der Waals surface area contributed by atoms with Gasteiger partial charge < -0.3 is 5.73 Å². The third-order valence-electron chi connectivity index (χ3n) is 1.90. The number of nitrogens with zero attached hydrogens (tertiary/aromatic N) is 1. The lowest BCUT2D eigenvalue weighted by molar-refractivity contribution is 0.756. The molecule has 13 heavy (non-hydrogen) atoms. The van der Waals surface area contributed by atoms with E-state index < -0.39 is 0 Å². The number of hydrogen-bond acceptors (Lipinski definition) is 2. The van der Waals surface area contributed by atoms with Crippen LogP contribution in [0.4, 0.5) is 0 Å². The van der Waals surface area contributed by atoms with Crippen molar-refractivity contribution < 1.29 is 0 Å². The molecule has 2 nitrogen and oxygen atoms in total. The Morgan fingerprint density at radius 3 is 2.54 bits per heavy atom. The number of rotatable bonds is 4. The van der Waals surface area contributed by atoms with Gasteiger partial charge in [0, 0.05) is 5.70 Å². The highest BCUT2D eigenvalue weighted by atomic mass is 14.6. The minimum atomic E-state index is 0.0104. The van der Waals surface area contributed by atoms with Crippen LogP contribution in [0.2, 0.25) is 0 Å². The lowest BCUT2D eigenvalue weighted by atomic mass is 10.1. The Morgan fingerprint density at radius 2 is 2.15 bits per heavy atom. The van der Waals surface area contributed by atoms with Crippen LogP contribution in [0.3, 0.4) is 0 Å². The average Bonchev–Trinajstić information content (AvgIpc) is 2.12. The summed E-state index contributed by atoms with van der Waals surface area (Å²) in [4.78, 5) is 0. The maximum Gasteiger partial charge on any atom is 0.0697 e. The van der Waals surface area contributed by atoms with E-state index in [1.54, 1.807) is 0 Å². The molecule has 0 saturated heterocycles. The molecule has 0 amide bonds. The molecule has 0 rings (SSSR count). The van der Waals surface area contributed by atoms with Crippen LogP contribution in [0.15, 0.2) is 23.9 Å². The molecule has 0 spiro atoms. The summed E-state index contributed by atoms with van der Waals surface area (Å²) in [5, 5.41) is 8.65. The average molecular weight is 178 g/mol. The molecule has 0 bridgehead atoms. The van der Waals surface area contributed by atoms with Crippen molar-refractivity contribution in [2.45, 2.75) is 27.2 Å². The summed E-state index contributed by atoms with van der Waals surface area (Å²) in [6, 6.07) is 2.20. The third kappa shape index (κ3) is 5.08. The lowest BCUT2D eigenvalue weighted by Crippen LogP contribution is -2.03. The molecule has 0 saturated carbocycles. The summed E-state index contributed by atoms with van der Waals surface area (Å²) < 4.78 is 0. The van der Waals surface area contributed by atoms with Gasteiger partial charge in [0.25, 0.3) is 0 Å². The predicted molar refractivity (Wildman–Crippen MR) is 55.6 cm³/mol. The normalized spacial score (nSPS) is 14.8. The molecular weight excluding hydrogens is 160 g/mol. The Balaban J connectivity index is 4.14. The minimum Gasteiger partial charge on any atom is -0.402 e. The van der Waals surface area contributed by atoms with Crippen LogP contribution in [-0.4, -0.2) is 0 Å². The van der Waals surface area contributed by atoms with Crippen LogP contribution >= 0.6 is 0 Å². The van der Waals surface area contributed by atoms with Crippen LogP contribution in [0.1, 0.15) is 27.2 Å². The van der Waals surface area contributed by atoms with Gasteiger partial charge in [-0.3, -0.25) is 0 Å². The first-order valence-corrected chi connectivity index (χ1v) is 4.65. The fourth-order valence-corrected chi connectivity index (χ4v) is 0.764. The molecule has 1 atom stereocenters. The molecule has 0 aliphatic carbocycles. The number of allylic oxidation sites excluding steroid dienone is 4. The lowest BCUT2D eigenvalue weighted by Gasteiger charge is -2.02. The van der Waals surface area contributed by atoms with Gasteiger partial charge in [0.15, 0.2) is 0 Å². The van der Waals surface area contributed by atoms with Gasteiger partial charge in [-0.25, -0.2) is 0 Å². The highest BCUT2D eigenvalue weighted by Crippen LogP contribution is 2.05.